The number of nitrogens with zero attached hydrogens (tertiary/aromatic N) is 1. The lowest BCUT2D eigenvalue weighted by Crippen LogP contribution is -2.19. The highest BCUT2D eigenvalue weighted by Crippen LogP contribution is 2.24. The van der Waals surface area contributed by atoms with E-state index in [9.17, 15) is 13.2 Å². The number of hydrogen-bond donors (Lipinski definition) is 1. The molecule has 3 aromatic carbocycles. The maximum absolute atomic E-state index is 12.8. The number of rotatable bonds is 7. The molecule has 6 nitrogen and oxygen atoms in total. The topological polar surface area (TPSA) is 84.8 Å². The highest BCUT2D eigenvalue weighted by atomic mass is 32.2. The summed E-state index contributed by atoms with van der Waals surface area (Å²) in [5.41, 5.74) is 5.15. The first-order chi connectivity index (χ1) is 14.3. The van der Waals surface area contributed by atoms with Crippen LogP contribution in [0.1, 0.15) is 23.7 Å². The van der Waals surface area contributed by atoms with Gasteiger partial charge in [0.25, 0.3) is 0 Å². The van der Waals surface area contributed by atoms with E-state index in [2.05, 4.69) is 10.5 Å². The van der Waals surface area contributed by atoms with Crippen LogP contribution in [0.5, 0.6) is 5.75 Å². The third kappa shape index (κ3) is 5.55. The highest BCUT2D eigenvalue weighted by molar-refractivity contribution is 7.87. The zero-order valence-electron chi connectivity index (χ0n) is 16.7. The van der Waals surface area contributed by atoms with Gasteiger partial charge < -0.3 is 4.18 Å². The minimum absolute atomic E-state index is 0. The molecule has 3 aromatic rings. The van der Waals surface area contributed by atoms with Gasteiger partial charge in [0.2, 0.25) is 5.91 Å². The average Bonchev–Trinajstić information content (AvgIpc) is 2.71. The van der Waals surface area contributed by atoms with Gasteiger partial charge in [0.1, 0.15) is 4.90 Å². The Kier molecular flexibility index (Phi) is 6.64. The van der Waals surface area contributed by atoms with E-state index in [0.717, 1.165) is 11.1 Å². The molecule has 0 bridgehead atoms. The van der Waals surface area contributed by atoms with Crippen LogP contribution in [0.4, 0.5) is 0 Å². The smallest absolute Gasteiger partial charge is 0.339 e. The third-order valence-corrected chi connectivity index (χ3v) is 5.71. The van der Waals surface area contributed by atoms with Gasteiger partial charge in [-0.3, -0.25) is 4.79 Å². The fraction of sp³-hybridized carbons (Fsp3) is 0.130. The summed E-state index contributed by atoms with van der Waals surface area (Å²) < 4.78 is 30.9. The molecule has 0 saturated carbocycles. The average molecular weight is 425 g/mol. The first-order valence-corrected chi connectivity index (χ1v) is 10.7. The molecule has 30 heavy (non-hydrogen) atoms. The van der Waals surface area contributed by atoms with Crippen LogP contribution >= 0.6 is 0 Å². The Morgan fingerprint density at radius 3 is 2.50 bits per heavy atom. The normalized spacial score (nSPS) is 11.4. The van der Waals surface area contributed by atoms with Crippen molar-refractivity contribution in [2.75, 3.05) is 0 Å². The number of hydrogen-bond acceptors (Lipinski definition) is 5. The molecule has 0 atom stereocenters. The van der Waals surface area contributed by atoms with Gasteiger partial charge in [-0.05, 0) is 48.7 Å². The van der Waals surface area contributed by atoms with Crippen LogP contribution < -0.4 is 9.61 Å². The van der Waals surface area contributed by atoms with Crippen molar-refractivity contribution in [3.05, 3.63) is 95.1 Å². The fourth-order valence-corrected chi connectivity index (χ4v) is 4.07. The molecule has 0 unspecified atom stereocenters. The molecule has 0 saturated heterocycles. The van der Waals surface area contributed by atoms with Crippen molar-refractivity contribution in [2.45, 2.75) is 25.2 Å². The lowest BCUT2D eigenvalue weighted by atomic mass is 10.1. The van der Waals surface area contributed by atoms with Crippen molar-refractivity contribution in [3.63, 3.8) is 0 Å². The van der Waals surface area contributed by atoms with E-state index in [1.807, 2.05) is 43.3 Å². The highest BCUT2D eigenvalue weighted by Gasteiger charge is 2.20. The number of aryl methyl sites for hydroxylation is 2. The second-order valence-corrected chi connectivity index (χ2v) is 8.31. The Hall–Kier alpha value is -3.45. The summed E-state index contributed by atoms with van der Waals surface area (Å²) in [5, 5.41) is 3.93. The van der Waals surface area contributed by atoms with Crippen molar-refractivity contribution in [3.8, 4) is 5.75 Å². The predicted octanol–water partition coefficient (Wildman–Crippen LogP) is 4.01. The number of carbonyl (C=O) groups excluding carboxylic acids is 1. The van der Waals surface area contributed by atoms with E-state index in [0.29, 0.717) is 11.1 Å². The van der Waals surface area contributed by atoms with E-state index in [-0.39, 0.29) is 24.4 Å². The van der Waals surface area contributed by atoms with E-state index in [1.165, 1.54) is 12.3 Å². The van der Waals surface area contributed by atoms with E-state index in [4.69, 9.17) is 4.18 Å². The van der Waals surface area contributed by atoms with Crippen molar-refractivity contribution in [2.24, 2.45) is 5.10 Å². The molecule has 1 N–H and O–H groups in total. The molecule has 3 rings (SSSR count). The summed E-state index contributed by atoms with van der Waals surface area (Å²) in [6.07, 6.45) is 1.55. The molecule has 0 radical (unpaired) electrons. The van der Waals surface area contributed by atoms with Gasteiger partial charge in [-0.1, -0.05) is 54.6 Å². The molecule has 0 aliphatic rings. The number of nitrogens with one attached hydrogen (secondary N) is 1. The second kappa shape index (κ2) is 9.37. The molecule has 0 aliphatic carbocycles. The number of carbonyl (C=O) groups is 1. The van der Waals surface area contributed by atoms with Gasteiger partial charge in [0.15, 0.2) is 5.75 Å². The molecule has 156 valence electrons. The standard InChI is InChI=1S/C23H22N2O4S.H2/c1-17-12-13-18(2)22(14-17)30(27,28)29-21-11-7-6-10-20(21)16-24-25-23(26)15-19-8-4-3-5-9-19;/h3-14,16H,15H2,1-2H3,(H,25,26);1H/b24-16+;. The van der Waals surface area contributed by atoms with Crippen molar-refractivity contribution in [1.29, 1.82) is 0 Å². The molecule has 0 fully saturated rings. The zero-order valence-corrected chi connectivity index (χ0v) is 17.5. The van der Waals surface area contributed by atoms with Crippen LogP contribution in [0.3, 0.4) is 0 Å². The first-order valence-electron chi connectivity index (χ1n) is 9.32. The number of amides is 1. The Morgan fingerprint density at radius 1 is 1.03 bits per heavy atom. The predicted molar refractivity (Wildman–Crippen MR) is 118 cm³/mol. The van der Waals surface area contributed by atoms with Gasteiger partial charge in [-0.2, -0.15) is 13.5 Å². The molecular weight excluding hydrogens is 400 g/mol. The van der Waals surface area contributed by atoms with E-state index in [1.54, 1.807) is 37.3 Å². The summed E-state index contributed by atoms with van der Waals surface area (Å²) in [5.74, 6) is -0.154. The van der Waals surface area contributed by atoms with Gasteiger partial charge in [0, 0.05) is 6.99 Å². The van der Waals surface area contributed by atoms with Crippen LogP contribution in [-0.2, 0) is 21.3 Å². The minimum atomic E-state index is -4.02. The Morgan fingerprint density at radius 2 is 1.73 bits per heavy atom. The summed E-state index contributed by atoms with van der Waals surface area (Å²) >= 11 is 0. The monoisotopic (exact) mass is 424 g/mol. The summed E-state index contributed by atoms with van der Waals surface area (Å²) in [4.78, 5) is 12.1. The lowest BCUT2D eigenvalue weighted by molar-refractivity contribution is -0.120. The lowest BCUT2D eigenvalue weighted by Gasteiger charge is -2.11. The SMILES string of the molecule is Cc1ccc(C)c(S(=O)(=O)Oc2ccccc2/C=N/NC(=O)Cc2ccccc2)c1.[HH]. The van der Waals surface area contributed by atoms with Crippen LogP contribution in [0.2, 0.25) is 0 Å². The van der Waals surface area contributed by atoms with Gasteiger partial charge >= 0.3 is 10.1 Å². The summed E-state index contributed by atoms with van der Waals surface area (Å²) in [6.45, 7) is 3.53. The molecule has 7 heteroatoms. The Bertz CT molecular complexity index is 1180. The first kappa shape index (κ1) is 21.3. The molecular formula is C23H24N2O4S. The fourth-order valence-electron chi connectivity index (χ4n) is 2.80. The third-order valence-electron chi connectivity index (χ3n) is 4.33. The summed E-state index contributed by atoms with van der Waals surface area (Å²) in [6, 6.07) is 21.0. The van der Waals surface area contributed by atoms with Crippen LogP contribution in [0.15, 0.2) is 82.8 Å². The molecule has 0 aromatic heterocycles. The Balaban J connectivity index is 0.00000341. The number of benzene rings is 3. The zero-order chi connectivity index (χ0) is 21.6. The maximum Gasteiger partial charge on any atom is 0.339 e. The molecule has 0 aliphatic heterocycles. The van der Waals surface area contributed by atoms with Crippen molar-refractivity contribution < 1.29 is 18.8 Å². The van der Waals surface area contributed by atoms with Gasteiger partial charge in [-0.15, -0.1) is 0 Å². The largest absolute Gasteiger partial charge is 0.378 e. The van der Waals surface area contributed by atoms with Gasteiger partial charge in [0.05, 0.1) is 12.6 Å². The van der Waals surface area contributed by atoms with E-state index >= 15 is 0 Å². The quantitative estimate of drug-likeness (QED) is 0.353. The van der Waals surface area contributed by atoms with Crippen LogP contribution in [0.25, 0.3) is 0 Å². The van der Waals surface area contributed by atoms with Crippen LogP contribution in [-0.4, -0.2) is 20.5 Å². The van der Waals surface area contributed by atoms with E-state index < -0.39 is 10.1 Å². The van der Waals surface area contributed by atoms with Gasteiger partial charge in [-0.25, -0.2) is 5.43 Å². The second-order valence-electron chi connectivity index (χ2n) is 6.80. The van der Waals surface area contributed by atoms with Crippen molar-refractivity contribution in [1.82, 2.24) is 5.43 Å². The number of para-hydroxylation sites is 1. The molecule has 1 amide bonds. The Labute approximate surface area is 177 Å². The molecule has 0 spiro atoms. The minimum Gasteiger partial charge on any atom is -0.378 e. The summed E-state index contributed by atoms with van der Waals surface area (Å²) in [7, 11) is -4.02. The maximum atomic E-state index is 12.8. The van der Waals surface area contributed by atoms with Crippen molar-refractivity contribution >= 4 is 22.2 Å². The molecule has 0 heterocycles. The number of hydrazone groups is 1. The van der Waals surface area contributed by atoms with Crippen LogP contribution in [0, 0.1) is 13.8 Å².